The number of halogens is 7. The van der Waals surface area contributed by atoms with Gasteiger partial charge >= 0.3 is 18.0 Å². The van der Waals surface area contributed by atoms with Crippen LogP contribution in [0.4, 0.5) is 30.7 Å². The zero-order valence-electron chi connectivity index (χ0n) is 7.06. The normalized spacial score (nSPS) is 14.6. The molecule has 86 valence electrons. The first kappa shape index (κ1) is 13.5. The Morgan fingerprint density at radius 2 is 1.36 bits per heavy atom. The molecule has 0 spiro atoms. The van der Waals surface area contributed by atoms with Crippen molar-refractivity contribution >= 4 is 0 Å². The van der Waals surface area contributed by atoms with Gasteiger partial charge < -0.3 is 5.32 Å². The van der Waals surface area contributed by atoms with Gasteiger partial charge in [0, 0.05) is 0 Å². The highest BCUT2D eigenvalue weighted by Crippen LogP contribution is 2.45. The summed E-state index contributed by atoms with van der Waals surface area (Å²) < 4.78 is 83.4. The second kappa shape index (κ2) is 3.92. The molecular formula is C6H8F7N. The van der Waals surface area contributed by atoms with E-state index in [1.165, 1.54) is 6.92 Å². The van der Waals surface area contributed by atoms with E-state index in [1.54, 1.807) is 5.32 Å². The zero-order valence-corrected chi connectivity index (χ0v) is 7.06. The van der Waals surface area contributed by atoms with Crippen molar-refractivity contribution in [2.75, 3.05) is 13.1 Å². The lowest BCUT2D eigenvalue weighted by atomic mass is 10.1. The van der Waals surface area contributed by atoms with E-state index < -0.39 is 24.6 Å². The van der Waals surface area contributed by atoms with Crippen molar-refractivity contribution in [3.8, 4) is 0 Å². The number of nitrogens with one attached hydrogen (secondary N) is 1. The molecule has 0 radical (unpaired) electrons. The number of rotatable bonds is 4. The van der Waals surface area contributed by atoms with Crippen LogP contribution >= 0.6 is 0 Å². The lowest BCUT2D eigenvalue weighted by Crippen LogP contribution is -2.56. The lowest BCUT2D eigenvalue weighted by molar-refractivity contribution is -0.352. The van der Waals surface area contributed by atoms with Gasteiger partial charge in [0.25, 0.3) is 0 Å². The molecule has 14 heavy (non-hydrogen) atoms. The van der Waals surface area contributed by atoms with E-state index in [0.29, 0.717) is 0 Å². The van der Waals surface area contributed by atoms with Crippen LogP contribution in [0.25, 0.3) is 0 Å². The van der Waals surface area contributed by atoms with Crippen LogP contribution in [0.3, 0.4) is 0 Å². The minimum absolute atomic E-state index is 0.122. The van der Waals surface area contributed by atoms with Crippen molar-refractivity contribution in [3.05, 3.63) is 0 Å². The average molecular weight is 227 g/mol. The molecule has 0 saturated carbocycles. The summed E-state index contributed by atoms with van der Waals surface area (Å²) in [7, 11) is 0. The van der Waals surface area contributed by atoms with Gasteiger partial charge in [-0.05, 0) is 6.54 Å². The fraction of sp³-hybridized carbons (Fsp3) is 1.00. The number of hydrogen-bond acceptors (Lipinski definition) is 1. The summed E-state index contributed by atoms with van der Waals surface area (Å²) in [5.41, 5.74) is 0. The molecule has 1 N–H and O–H groups in total. The van der Waals surface area contributed by atoms with Crippen LogP contribution in [0.2, 0.25) is 0 Å². The van der Waals surface area contributed by atoms with Crippen LogP contribution in [0.15, 0.2) is 0 Å². The van der Waals surface area contributed by atoms with Gasteiger partial charge in [0.15, 0.2) is 0 Å². The van der Waals surface area contributed by atoms with Crippen LogP contribution in [-0.4, -0.2) is 31.1 Å². The highest BCUT2D eigenvalue weighted by Gasteiger charge is 2.72. The van der Waals surface area contributed by atoms with Crippen molar-refractivity contribution < 1.29 is 30.7 Å². The third-order valence-electron chi connectivity index (χ3n) is 1.41. The van der Waals surface area contributed by atoms with Gasteiger partial charge in [-0.1, -0.05) is 6.92 Å². The maximum Gasteiger partial charge on any atom is 0.459 e. The summed E-state index contributed by atoms with van der Waals surface area (Å²) in [6.07, 6.45) is -6.24. The summed E-state index contributed by atoms with van der Waals surface area (Å²) in [6, 6.07) is 0. The van der Waals surface area contributed by atoms with E-state index in [-0.39, 0.29) is 6.54 Å². The van der Waals surface area contributed by atoms with Crippen molar-refractivity contribution in [2.45, 2.75) is 24.9 Å². The van der Waals surface area contributed by atoms with Crippen molar-refractivity contribution in [1.82, 2.24) is 5.32 Å². The second-order valence-corrected chi connectivity index (χ2v) is 2.56. The highest BCUT2D eigenvalue weighted by molar-refractivity contribution is 4.92. The molecular weight excluding hydrogens is 219 g/mol. The third kappa shape index (κ3) is 2.49. The Hall–Kier alpha value is -0.530. The van der Waals surface area contributed by atoms with Crippen LogP contribution < -0.4 is 5.32 Å². The monoisotopic (exact) mass is 227 g/mol. The lowest BCUT2D eigenvalue weighted by Gasteiger charge is -2.28. The average Bonchev–Trinajstić information content (AvgIpc) is 1.98. The van der Waals surface area contributed by atoms with Crippen LogP contribution in [0.5, 0.6) is 0 Å². The molecule has 0 aromatic heterocycles. The number of hydrogen-bond donors (Lipinski definition) is 1. The Bertz CT molecular complexity index is 185. The summed E-state index contributed by atoms with van der Waals surface area (Å²) in [6.45, 7) is -0.526. The Balaban J connectivity index is 4.69. The van der Waals surface area contributed by atoms with Crippen molar-refractivity contribution in [2.24, 2.45) is 0 Å². The Morgan fingerprint density at radius 1 is 0.929 bits per heavy atom. The molecule has 0 heterocycles. The van der Waals surface area contributed by atoms with Gasteiger partial charge in [-0.15, -0.1) is 0 Å². The molecule has 0 aliphatic carbocycles. The maximum atomic E-state index is 12.4. The van der Waals surface area contributed by atoms with Gasteiger partial charge in [0.05, 0.1) is 6.54 Å². The summed E-state index contributed by atoms with van der Waals surface area (Å²) in [5.74, 6) is -11.1. The predicted molar refractivity (Wildman–Crippen MR) is 34.5 cm³/mol. The van der Waals surface area contributed by atoms with Gasteiger partial charge in [0.1, 0.15) is 0 Å². The van der Waals surface area contributed by atoms with E-state index in [2.05, 4.69) is 0 Å². The second-order valence-electron chi connectivity index (χ2n) is 2.56. The summed E-state index contributed by atoms with van der Waals surface area (Å²) in [4.78, 5) is 0. The quantitative estimate of drug-likeness (QED) is 0.727. The molecule has 0 aromatic carbocycles. The molecule has 1 nitrogen and oxygen atoms in total. The molecule has 0 aliphatic heterocycles. The first-order valence-corrected chi connectivity index (χ1v) is 3.59. The van der Waals surface area contributed by atoms with Crippen LogP contribution in [-0.2, 0) is 0 Å². The van der Waals surface area contributed by atoms with E-state index >= 15 is 0 Å². The first-order valence-electron chi connectivity index (χ1n) is 3.59. The molecule has 0 fully saturated rings. The predicted octanol–water partition coefficient (Wildman–Crippen LogP) is 2.43. The standard InChI is InChI=1S/C6H8F7N/c1-2-14-3-4(7,8)5(9,10)6(11,12)13/h14H,2-3H2,1H3. The van der Waals surface area contributed by atoms with E-state index in [9.17, 15) is 30.7 Å². The van der Waals surface area contributed by atoms with Crippen LogP contribution in [0, 0.1) is 0 Å². The van der Waals surface area contributed by atoms with Crippen molar-refractivity contribution in [3.63, 3.8) is 0 Å². The topological polar surface area (TPSA) is 12.0 Å². The summed E-state index contributed by atoms with van der Waals surface area (Å²) >= 11 is 0. The Kier molecular flexibility index (Phi) is 3.77. The van der Waals surface area contributed by atoms with E-state index in [0.717, 1.165) is 0 Å². The molecule has 0 atom stereocenters. The van der Waals surface area contributed by atoms with Gasteiger partial charge in [-0.25, -0.2) is 0 Å². The van der Waals surface area contributed by atoms with Gasteiger partial charge in [-0.3, -0.25) is 0 Å². The molecule has 0 bridgehead atoms. The Labute approximate surface area is 75.3 Å². The van der Waals surface area contributed by atoms with Crippen molar-refractivity contribution in [1.29, 1.82) is 0 Å². The largest absolute Gasteiger partial charge is 0.459 e. The van der Waals surface area contributed by atoms with E-state index in [4.69, 9.17) is 0 Å². The fourth-order valence-corrected chi connectivity index (χ4v) is 0.600. The fourth-order valence-electron chi connectivity index (χ4n) is 0.600. The molecule has 0 saturated heterocycles. The minimum Gasteiger partial charge on any atom is -0.311 e. The third-order valence-corrected chi connectivity index (χ3v) is 1.41. The zero-order chi connectivity index (χ0) is 11.6. The van der Waals surface area contributed by atoms with Crippen LogP contribution in [0.1, 0.15) is 6.92 Å². The van der Waals surface area contributed by atoms with E-state index in [1.807, 2.05) is 0 Å². The summed E-state index contributed by atoms with van der Waals surface area (Å²) in [5, 5.41) is 1.74. The SMILES string of the molecule is CCNCC(F)(F)C(F)(F)C(F)(F)F. The minimum atomic E-state index is -6.24. The molecule has 0 amide bonds. The highest BCUT2D eigenvalue weighted by atomic mass is 19.4. The van der Waals surface area contributed by atoms with Gasteiger partial charge in [0.2, 0.25) is 0 Å². The first-order chi connectivity index (χ1) is 6.06. The maximum absolute atomic E-state index is 12.4. The molecule has 0 aromatic rings. The Morgan fingerprint density at radius 3 is 1.64 bits per heavy atom. The molecule has 8 heteroatoms. The molecule has 0 unspecified atom stereocenters. The number of alkyl halides is 7. The molecule has 0 rings (SSSR count). The van der Waals surface area contributed by atoms with Gasteiger partial charge in [-0.2, -0.15) is 30.7 Å². The smallest absolute Gasteiger partial charge is 0.311 e. The molecule has 0 aliphatic rings.